The lowest BCUT2D eigenvalue weighted by molar-refractivity contribution is -0.141. The molecule has 1 atom stereocenters. The minimum absolute atomic E-state index is 0.194. The molecule has 2 aromatic rings. The summed E-state index contributed by atoms with van der Waals surface area (Å²) in [6.45, 7) is 3.94. The average molecular weight is 333 g/mol. The van der Waals surface area contributed by atoms with Gasteiger partial charge in [-0.05, 0) is 47.4 Å². The maximum Gasteiger partial charge on any atom is 0.302 e. The lowest BCUT2D eigenvalue weighted by atomic mass is 9.96. The van der Waals surface area contributed by atoms with E-state index in [-0.39, 0.29) is 11.9 Å². The van der Waals surface area contributed by atoms with Crippen molar-refractivity contribution in [2.45, 2.75) is 36.0 Å². The lowest BCUT2D eigenvalue weighted by Crippen LogP contribution is -2.09. The Morgan fingerprint density at radius 3 is 2.64 bits per heavy atom. The molecule has 3 rings (SSSR count). The SMILES string of the molecule is CC(=O)OCC(C)c1ccc2c(c1)Cc1cc(Cl)ccc1S2. The fourth-order valence-corrected chi connectivity index (χ4v) is 3.82. The molecular weight excluding hydrogens is 316 g/mol. The summed E-state index contributed by atoms with van der Waals surface area (Å²) >= 11 is 7.88. The summed E-state index contributed by atoms with van der Waals surface area (Å²) in [5.74, 6) is -0.0381. The Hall–Kier alpha value is -1.45. The van der Waals surface area contributed by atoms with Crippen molar-refractivity contribution in [3.63, 3.8) is 0 Å². The van der Waals surface area contributed by atoms with Crippen LogP contribution in [0.5, 0.6) is 0 Å². The van der Waals surface area contributed by atoms with Gasteiger partial charge in [0.15, 0.2) is 0 Å². The molecule has 2 aromatic carbocycles. The standard InChI is InChI=1S/C18H17ClO2S/c1-11(10-21-12(2)20)13-3-5-17-14(7-13)8-15-9-16(19)4-6-18(15)22-17/h3-7,9,11H,8,10H2,1-2H3. The van der Waals surface area contributed by atoms with Crippen LogP contribution in [0, 0.1) is 0 Å². The smallest absolute Gasteiger partial charge is 0.302 e. The van der Waals surface area contributed by atoms with Gasteiger partial charge in [-0.25, -0.2) is 0 Å². The molecule has 1 aliphatic rings. The molecule has 0 fully saturated rings. The van der Waals surface area contributed by atoms with Gasteiger partial charge in [0, 0.05) is 27.7 Å². The van der Waals surface area contributed by atoms with Gasteiger partial charge in [0.1, 0.15) is 0 Å². The molecule has 0 radical (unpaired) electrons. The second-order valence-electron chi connectivity index (χ2n) is 5.60. The van der Waals surface area contributed by atoms with E-state index in [2.05, 4.69) is 31.2 Å². The Kier molecular flexibility index (Phi) is 4.46. The highest BCUT2D eigenvalue weighted by atomic mass is 35.5. The number of hydrogen-bond donors (Lipinski definition) is 0. The number of halogens is 1. The van der Waals surface area contributed by atoms with E-state index in [0.717, 1.165) is 11.4 Å². The zero-order valence-electron chi connectivity index (χ0n) is 12.6. The first kappa shape index (κ1) is 15.4. The first-order chi connectivity index (χ1) is 10.5. The van der Waals surface area contributed by atoms with Crippen LogP contribution in [-0.2, 0) is 16.0 Å². The molecule has 2 nitrogen and oxygen atoms in total. The molecule has 0 aromatic heterocycles. The zero-order chi connectivity index (χ0) is 15.7. The molecular formula is C18H17ClO2S. The van der Waals surface area contributed by atoms with Crippen molar-refractivity contribution in [3.8, 4) is 0 Å². The molecule has 0 amide bonds. The third kappa shape index (κ3) is 3.31. The summed E-state index contributed by atoms with van der Waals surface area (Å²) in [6.07, 6.45) is 0.895. The number of esters is 1. The van der Waals surface area contributed by atoms with Crippen molar-refractivity contribution in [3.05, 3.63) is 58.1 Å². The molecule has 1 aliphatic heterocycles. The van der Waals surface area contributed by atoms with Crippen LogP contribution in [-0.4, -0.2) is 12.6 Å². The second kappa shape index (κ2) is 6.35. The molecule has 114 valence electrons. The fraction of sp³-hybridized carbons (Fsp3) is 0.278. The molecule has 0 saturated heterocycles. The van der Waals surface area contributed by atoms with Gasteiger partial charge < -0.3 is 4.74 Å². The van der Waals surface area contributed by atoms with Gasteiger partial charge in [0.2, 0.25) is 0 Å². The highest BCUT2D eigenvalue weighted by molar-refractivity contribution is 7.99. The van der Waals surface area contributed by atoms with E-state index in [0.29, 0.717) is 6.61 Å². The number of carbonyl (C=O) groups is 1. The van der Waals surface area contributed by atoms with Gasteiger partial charge in [0.25, 0.3) is 0 Å². The lowest BCUT2D eigenvalue weighted by Gasteiger charge is -2.21. The summed E-state index contributed by atoms with van der Waals surface area (Å²) in [5, 5.41) is 0.780. The number of carbonyl (C=O) groups excluding carboxylic acids is 1. The predicted octanol–water partition coefficient (Wildman–Crippen LogP) is 5.06. The summed E-state index contributed by atoms with van der Waals surface area (Å²) in [7, 11) is 0. The third-order valence-corrected chi connectivity index (χ3v) is 5.28. The van der Waals surface area contributed by atoms with Crippen molar-refractivity contribution in [1.82, 2.24) is 0 Å². The van der Waals surface area contributed by atoms with Crippen molar-refractivity contribution >= 4 is 29.3 Å². The van der Waals surface area contributed by atoms with Gasteiger partial charge in [-0.15, -0.1) is 0 Å². The summed E-state index contributed by atoms with van der Waals surface area (Å²) < 4.78 is 5.11. The van der Waals surface area contributed by atoms with Gasteiger partial charge >= 0.3 is 5.97 Å². The largest absolute Gasteiger partial charge is 0.465 e. The normalized spacial score (nSPS) is 14.0. The Labute approximate surface area is 139 Å². The highest BCUT2D eigenvalue weighted by Crippen LogP contribution is 2.41. The Morgan fingerprint density at radius 1 is 1.23 bits per heavy atom. The molecule has 0 saturated carbocycles. The molecule has 22 heavy (non-hydrogen) atoms. The second-order valence-corrected chi connectivity index (χ2v) is 7.12. The van der Waals surface area contributed by atoms with E-state index in [9.17, 15) is 4.79 Å². The topological polar surface area (TPSA) is 26.3 Å². The molecule has 4 heteroatoms. The van der Waals surface area contributed by atoms with Crippen molar-refractivity contribution in [2.75, 3.05) is 6.61 Å². The maximum atomic E-state index is 10.9. The van der Waals surface area contributed by atoms with Crippen LogP contribution in [0.25, 0.3) is 0 Å². The minimum Gasteiger partial charge on any atom is -0.465 e. The van der Waals surface area contributed by atoms with Gasteiger partial charge in [-0.1, -0.05) is 42.4 Å². The number of ether oxygens (including phenoxy) is 1. The number of benzene rings is 2. The van der Waals surface area contributed by atoms with E-state index in [1.165, 1.54) is 33.4 Å². The average Bonchev–Trinajstić information content (AvgIpc) is 2.50. The Morgan fingerprint density at radius 2 is 1.91 bits per heavy atom. The van der Waals surface area contributed by atoms with Crippen LogP contribution < -0.4 is 0 Å². The van der Waals surface area contributed by atoms with Crippen LogP contribution in [0.1, 0.15) is 36.5 Å². The summed E-state index contributed by atoms with van der Waals surface area (Å²) in [5.41, 5.74) is 3.79. The highest BCUT2D eigenvalue weighted by Gasteiger charge is 2.18. The number of fused-ring (bicyclic) bond motifs is 2. The van der Waals surface area contributed by atoms with Gasteiger partial charge in [0.05, 0.1) is 6.61 Å². The molecule has 0 N–H and O–H groups in total. The fourth-order valence-electron chi connectivity index (χ4n) is 2.59. The molecule has 0 aliphatic carbocycles. The van der Waals surface area contributed by atoms with E-state index in [1.807, 2.05) is 12.1 Å². The van der Waals surface area contributed by atoms with E-state index in [1.54, 1.807) is 11.8 Å². The molecule has 1 unspecified atom stereocenters. The molecule has 1 heterocycles. The van der Waals surface area contributed by atoms with Crippen molar-refractivity contribution in [1.29, 1.82) is 0 Å². The minimum atomic E-state index is -0.232. The summed E-state index contributed by atoms with van der Waals surface area (Å²) in [6, 6.07) is 12.6. The van der Waals surface area contributed by atoms with Crippen LogP contribution in [0.4, 0.5) is 0 Å². The molecule has 0 spiro atoms. The van der Waals surface area contributed by atoms with Crippen LogP contribution in [0.15, 0.2) is 46.2 Å². The van der Waals surface area contributed by atoms with E-state index < -0.39 is 0 Å². The third-order valence-electron chi connectivity index (χ3n) is 3.81. The predicted molar refractivity (Wildman–Crippen MR) is 89.9 cm³/mol. The Balaban J connectivity index is 1.83. The van der Waals surface area contributed by atoms with Crippen LogP contribution >= 0.6 is 23.4 Å². The maximum absolute atomic E-state index is 10.9. The van der Waals surface area contributed by atoms with E-state index in [4.69, 9.17) is 16.3 Å². The Bertz CT molecular complexity index is 727. The van der Waals surface area contributed by atoms with Gasteiger partial charge in [-0.3, -0.25) is 4.79 Å². The summed E-state index contributed by atoms with van der Waals surface area (Å²) in [4.78, 5) is 13.5. The molecule has 0 bridgehead atoms. The van der Waals surface area contributed by atoms with Crippen molar-refractivity contribution in [2.24, 2.45) is 0 Å². The number of rotatable bonds is 3. The van der Waals surface area contributed by atoms with Crippen molar-refractivity contribution < 1.29 is 9.53 Å². The first-order valence-corrected chi connectivity index (χ1v) is 8.45. The number of hydrogen-bond acceptors (Lipinski definition) is 3. The quantitative estimate of drug-likeness (QED) is 0.627. The monoisotopic (exact) mass is 332 g/mol. The van der Waals surface area contributed by atoms with Crippen LogP contribution in [0.2, 0.25) is 5.02 Å². The first-order valence-electron chi connectivity index (χ1n) is 7.25. The zero-order valence-corrected chi connectivity index (χ0v) is 14.1. The van der Waals surface area contributed by atoms with Crippen LogP contribution in [0.3, 0.4) is 0 Å². The van der Waals surface area contributed by atoms with Gasteiger partial charge in [-0.2, -0.15) is 0 Å². The van der Waals surface area contributed by atoms with E-state index >= 15 is 0 Å².